The SMILES string of the molecule is C=C(C)C(=O)N1CCCC(n2nc(-c3ccc(C(=O)Nc4ccccn4)cc3F)c3c(N)ncc(Cl)c32)C1. The van der Waals surface area contributed by atoms with Crippen LogP contribution < -0.4 is 11.1 Å². The molecule has 2 amide bonds. The van der Waals surface area contributed by atoms with Gasteiger partial charge in [0.2, 0.25) is 5.91 Å². The molecule has 1 aliphatic rings. The third-order valence-electron chi connectivity index (χ3n) is 6.50. The van der Waals surface area contributed by atoms with Crippen LogP contribution in [0.1, 0.15) is 36.2 Å². The van der Waals surface area contributed by atoms with E-state index in [0.717, 1.165) is 18.9 Å². The van der Waals surface area contributed by atoms with Gasteiger partial charge >= 0.3 is 0 Å². The second kappa shape index (κ2) is 10.2. The number of carbonyl (C=O) groups excluding carboxylic acids is 2. The Kier molecular flexibility index (Phi) is 6.81. The van der Waals surface area contributed by atoms with Crippen LogP contribution in [-0.4, -0.2) is 49.6 Å². The van der Waals surface area contributed by atoms with Crippen LogP contribution in [0.4, 0.5) is 16.0 Å². The van der Waals surface area contributed by atoms with Gasteiger partial charge in [0, 0.05) is 36.0 Å². The molecule has 1 unspecified atom stereocenters. The smallest absolute Gasteiger partial charge is 0.256 e. The largest absolute Gasteiger partial charge is 0.383 e. The zero-order valence-corrected chi connectivity index (χ0v) is 21.4. The second-order valence-corrected chi connectivity index (χ2v) is 9.61. The number of hydrogen-bond acceptors (Lipinski definition) is 6. The molecule has 3 aromatic heterocycles. The maximum Gasteiger partial charge on any atom is 0.256 e. The highest BCUT2D eigenvalue weighted by Gasteiger charge is 2.30. The highest BCUT2D eigenvalue weighted by Crippen LogP contribution is 2.39. The topological polar surface area (TPSA) is 119 Å². The lowest BCUT2D eigenvalue weighted by molar-refractivity contribution is -0.128. The number of fused-ring (bicyclic) bond motifs is 1. The van der Waals surface area contributed by atoms with Gasteiger partial charge in [0.05, 0.1) is 28.2 Å². The molecule has 4 heterocycles. The van der Waals surface area contributed by atoms with E-state index >= 15 is 4.39 Å². The Labute approximate surface area is 223 Å². The van der Waals surface area contributed by atoms with E-state index in [1.54, 1.807) is 40.9 Å². The molecule has 0 saturated carbocycles. The molecular formula is C27H25ClFN7O2. The maximum atomic E-state index is 15.5. The van der Waals surface area contributed by atoms with Crippen LogP contribution in [0.3, 0.4) is 0 Å². The van der Waals surface area contributed by atoms with E-state index in [1.807, 2.05) is 0 Å². The van der Waals surface area contributed by atoms with Crippen molar-refractivity contribution in [3.63, 3.8) is 0 Å². The van der Waals surface area contributed by atoms with Crippen molar-refractivity contribution >= 4 is 46.0 Å². The third-order valence-corrected chi connectivity index (χ3v) is 6.77. The molecule has 0 bridgehead atoms. The van der Waals surface area contributed by atoms with Crippen LogP contribution in [0, 0.1) is 5.82 Å². The van der Waals surface area contributed by atoms with Gasteiger partial charge in [-0.2, -0.15) is 5.10 Å². The van der Waals surface area contributed by atoms with Gasteiger partial charge in [0.1, 0.15) is 23.1 Å². The van der Waals surface area contributed by atoms with Gasteiger partial charge in [-0.1, -0.05) is 24.2 Å². The van der Waals surface area contributed by atoms with Crippen molar-refractivity contribution in [1.29, 1.82) is 0 Å². The zero-order chi connectivity index (χ0) is 27.0. The fraction of sp³-hybridized carbons (Fsp3) is 0.222. The minimum Gasteiger partial charge on any atom is -0.383 e. The Morgan fingerprint density at radius 3 is 2.76 bits per heavy atom. The molecule has 5 rings (SSSR count). The van der Waals surface area contributed by atoms with Crippen molar-refractivity contribution in [2.75, 3.05) is 24.1 Å². The van der Waals surface area contributed by atoms with Gasteiger partial charge in [-0.05, 0) is 50.1 Å². The van der Waals surface area contributed by atoms with Gasteiger partial charge in [0.15, 0.2) is 0 Å². The first-order valence-electron chi connectivity index (χ1n) is 12.0. The predicted octanol–water partition coefficient (Wildman–Crippen LogP) is 4.86. The Morgan fingerprint density at radius 2 is 2.05 bits per heavy atom. The number of pyridine rings is 2. The summed E-state index contributed by atoms with van der Waals surface area (Å²) < 4.78 is 17.2. The van der Waals surface area contributed by atoms with Crippen LogP contribution in [0.5, 0.6) is 0 Å². The van der Waals surface area contributed by atoms with Crippen LogP contribution in [-0.2, 0) is 4.79 Å². The molecule has 1 saturated heterocycles. The molecule has 1 fully saturated rings. The van der Waals surface area contributed by atoms with Gasteiger partial charge in [0.25, 0.3) is 5.91 Å². The van der Waals surface area contributed by atoms with Crippen molar-refractivity contribution in [2.24, 2.45) is 0 Å². The molecule has 38 heavy (non-hydrogen) atoms. The number of nitrogens with one attached hydrogen (secondary N) is 1. The Morgan fingerprint density at radius 1 is 1.24 bits per heavy atom. The number of anilines is 2. The van der Waals surface area contributed by atoms with Crippen molar-refractivity contribution in [1.82, 2.24) is 24.6 Å². The fourth-order valence-corrected chi connectivity index (χ4v) is 4.92. The molecule has 1 aliphatic heterocycles. The summed E-state index contributed by atoms with van der Waals surface area (Å²) in [6.07, 6.45) is 4.48. The summed E-state index contributed by atoms with van der Waals surface area (Å²) in [5.41, 5.74) is 7.73. The van der Waals surface area contributed by atoms with Gasteiger partial charge in [-0.25, -0.2) is 14.4 Å². The molecule has 3 N–H and O–H groups in total. The number of aromatic nitrogens is 4. The lowest BCUT2D eigenvalue weighted by atomic mass is 10.0. The number of amides is 2. The number of rotatable bonds is 5. The van der Waals surface area contributed by atoms with Crippen molar-refractivity contribution in [2.45, 2.75) is 25.8 Å². The predicted molar refractivity (Wildman–Crippen MR) is 144 cm³/mol. The van der Waals surface area contributed by atoms with Gasteiger partial charge in [-0.3, -0.25) is 14.3 Å². The van der Waals surface area contributed by atoms with Gasteiger partial charge < -0.3 is 16.0 Å². The van der Waals surface area contributed by atoms with Crippen LogP contribution in [0.2, 0.25) is 5.02 Å². The van der Waals surface area contributed by atoms with Crippen molar-refractivity contribution < 1.29 is 14.0 Å². The number of piperidine rings is 1. The zero-order valence-electron chi connectivity index (χ0n) is 20.6. The van der Waals surface area contributed by atoms with E-state index in [4.69, 9.17) is 22.4 Å². The number of halogens is 2. The summed E-state index contributed by atoms with van der Waals surface area (Å²) in [5.74, 6) is -0.783. The number of nitrogens with zero attached hydrogens (tertiary/aromatic N) is 5. The summed E-state index contributed by atoms with van der Waals surface area (Å²) in [5, 5.41) is 8.10. The van der Waals surface area contributed by atoms with E-state index in [2.05, 4.69) is 21.9 Å². The third kappa shape index (κ3) is 4.70. The molecule has 194 valence electrons. The highest BCUT2D eigenvalue weighted by molar-refractivity contribution is 6.35. The second-order valence-electron chi connectivity index (χ2n) is 9.20. The Hall–Kier alpha value is -4.31. The monoisotopic (exact) mass is 533 g/mol. The lowest BCUT2D eigenvalue weighted by Crippen LogP contribution is -2.41. The van der Waals surface area contributed by atoms with E-state index in [0.29, 0.717) is 40.4 Å². The summed E-state index contributed by atoms with van der Waals surface area (Å²) in [4.78, 5) is 35.2. The molecule has 4 aromatic rings. The number of carbonyl (C=O) groups is 2. The maximum absolute atomic E-state index is 15.5. The average molecular weight is 534 g/mol. The average Bonchev–Trinajstić information content (AvgIpc) is 3.32. The summed E-state index contributed by atoms with van der Waals surface area (Å²) in [6, 6.07) is 9.00. The van der Waals surface area contributed by atoms with Crippen LogP contribution in [0.15, 0.2) is 60.9 Å². The standard InChI is InChI=1S/C27H25ClFN7O2/c1-15(2)27(38)35-11-5-6-17(14-35)36-24-19(28)13-32-25(30)22(24)23(34-36)18-9-8-16(12-20(18)29)26(37)33-21-7-3-4-10-31-21/h3-4,7-10,12-13,17H,1,5-6,11,14H2,2H3,(H2,30,32)(H,31,33,37). The molecule has 0 radical (unpaired) electrons. The molecular weight excluding hydrogens is 509 g/mol. The molecule has 1 atom stereocenters. The number of benzene rings is 1. The van der Waals surface area contributed by atoms with E-state index in [9.17, 15) is 9.59 Å². The van der Waals surface area contributed by atoms with Crippen LogP contribution in [0.25, 0.3) is 22.2 Å². The highest BCUT2D eigenvalue weighted by atomic mass is 35.5. The van der Waals surface area contributed by atoms with Crippen molar-refractivity contribution in [3.8, 4) is 11.3 Å². The summed E-state index contributed by atoms with van der Waals surface area (Å²) in [6.45, 7) is 6.46. The molecule has 0 spiro atoms. The molecule has 1 aromatic carbocycles. The van der Waals surface area contributed by atoms with E-state index < -0.39 is 11.7 Å². The van der Waals surface area contributed by atoms with E-state index in [1.165, 1.54) is 18.3 Å². The minimum atomic E-state index is -0.660. The fourth-order valence-electron chi connectivity index (χ4n) is 4.69. The Balaban J connectivity index is 1.54. The molecule has 11 heteroatoms. The van der Waals surface area contributed by atoms with E-state index in [-0.39, 0.29) is 34.6 Å². The first kappa shape index (κ1) is 25.3. The number of nitrogens with two attached hydrogens (primary N) is 1. The minimum absolute atomic E-state index is 0.117. The molecule has 0 aliphatic carbocycles. The Bertz CT molecular complexity index is 1570. The quantitative estimate of drug-likeness (QED) is 0.354. The lowest BCUT2D eigenvalue weighted by Gasteiger charge is -2.33. The first-order valence-corrected chi connectivity index (χ1v) is 12.4. The van der Waals surface area contributed by atoms with Gasteiger partial charge in [-0.15, -0.1) is 0 Å². The van der Waals surface area contributed by atoms with Crippen molar-refractivity contribution in [3.05, 3.63) is 77.3 Å². The summed E-state index contributed by atoms with van der Waals surface area (Å²) >= 11 is 6.56. The first-order chi connectivity index (χ1) is 18.2. The number of nitrogen functional groups attached to an aromatic ring is 1. The normalized spacial score (nSPS) is 15.4. The molecule has 9 nitrogen and oxygen atoms in total. The van der Waals surface area contributed by atoms with Crippen LogP contribution >= 0.6 is 11.6 Å². The summed E-state index contributed by atoms with van der Waals surface area (Å²) in [7, 11) is 0. The number of likely N-dealkylation sites (tertiary alicyclic amines) is 1. The number of hydrogen-bond donors (Lipinski definition) is 2.